The smallest absolute Gasteiger partial charge is 0 e. The number of benzene rings is 6. The zero-order chi connectivity index (χ0) is 24.9. The van der Waals surface area contributed by atoms with Crippen molar-refractivity contribution in [1.82, 2.24) is 0 Å². The van der Waals surface area contributed by atoms with Crippen LogP contribution in [-0.4, -0.2) is 0 Å². The fourth-order valence-corrected chi connectivity index (χ4v) is 4.24. The molecule has 0 atom stereocenters. The van der Waals surface area contributed by atoms with Crippen LogP contribution in [-0.2, 0) is 98.1 Å². The second kappa shape index (κ2) is 16.2. The van der Waals surface area contributed by atoms with Gasteiger partial charge in [-0.25, -0.2) is 33.8 Å². The molecule has 0 N–H and O–H groups in total. The second-order valence-electron chi connectivity index (χ2n) is 8.58. The summed E-state index contributed by atoms with van der Waals surface area (Å²) in [6, 6.07) is 63.2. The Morgan fingerprint density at radius 2 is 0.525 bits per heavy atom. The minimum absolute atomic E-state index is 0. The summed E-state index contributed by atoms with van der Waals surface area (Å²) in [7, 11) is 0. The molecule has 4 heteroatoms. The molecule has 6 aromatic carbocycles. The molecule has 0 amide bonds. The van der Waals surface area contributed by atoms with Gasteiger partial charge in [0.25, 0.3) is 0 Å². The van der Waals surface area contributed by atoms with Crippen molar-refractivity contribution in [3.63, 3.8) is 0 Å². The molecule has 0 aromatic heterocycles. The van der Waals surface area contributed by atoms with Gasteiger partial charge in [0.2, 0.25) is 0 Å². The molecular weight excluding hydrogens is 713 g/mol. The molecule has 0 spiro atoms. The van der Waals surface area contributed by atoms with Gasteiger partial charge in [-0.1, -0.05) is 91.0 Å². The summed E-state index contributed by atoms with van der Waals surface area (Å²) >= 11 is 0. The van der Waals surface area contributed by atoms with Crippen LogP contribution in [0.2, 0.25) is 0 Å². The van der Waals surface area contributed by atoms with Crippen molar-refractivity contribution >= 4 is 17.1 Å². The van der Waals surface area contributed by atoms with Gasteiger partial charge in [-0.05, 0) is 0 Å². The number of hydrogen-bond acceptors (Lipinski definition) is 1. The van der Waals surface area contributed by atoms with Crippen LogP contribution in [0.5, 0.6) is 0 Å². The molecule has 0 aliphatic heterocycles. The Labute approximate surface area is 313 Å². The van der Waals surface area contributed by atoms with E-state index in [1.807, 2.05) is 95.9 Å². The van der Waals surface area contributed by atoms with Crippen LogP contribution >= 0.6 is 0 Å². The fourth-order valence-electron chi connectivity index (χ4n) is 4.24. The Balaban J connectivity index is 0.00000147. The van der Waals surface area contributed by atoms with Crippen LogP contribution in [0.1, 0.15) is 0 Å². The molecule has 0 unspecified atom stereocenters. The van der Waals surface area contributed by atoms with E-state index in [4.69, 9.17) is 0 Å². The largest absolute Gasteiger partial charge is 0.452 e. The van der Waals surface area contributed by atoms with Crippen molar-refractivity contribution in [2.24, 2.45) is 0 Å². The Kier molecular flexibility index (Phi) is 13.3. The topological polar surface area (TPSA) is 3.24 Å². The molecule has 0 aliphatic carbocycles. The van der Waals surface area contributed by atoms with E-state index in [1.165, 1.54) is 0 Å². The molecule has 6 aromatic rings. The zero-order valence-electron chi connectivity index (χ0n) is 21.8. The number of hydrogen-bond donors (Lipinski definition) is 0. The second-order valence-corrected chi connectivity index (χ2v) is 8.58. The van der Waals surface area contributed by atoms with Gasteiger partial charge >= 0.3 is 0 Å². The Morgan fingerprint density at radius 3 is 0.750 bits per heavy atom. The van der Waals surface area contributed by atoms with Gasteiger partial charge < -0.3 is 41.3 Å². The number of rotatable bonds is 6. The molecular formula is C36H21NY3-6. The maximum atomic E-state index is 3.42. The predicted molar refractivity (Wildman–Crippen MR) is 150 cm³/mol. The predicted octanol–water partition coefficient (Wildman–Crippen LogP) is 8.95. The molecule has 185 valence electrons. The van der Waals surface area contributed by atoms with Crippen molar-refractivity contribution in [3.05, 3.63) is 164 Å². The first kappa shape index (κ1) is 32.9. The van der Waals surface area contributed by atoms with Crippen molar-refractivity contribution in [3.8, 4) is 33.4 Å². The average molecular weight is 734 g/mol. The van der Waals surface area contributed by atoms with E-state index in [-0.39, 0.29) is 98.1 Å². The molecule has 0 fully saturated rings. The third-order valence-electron chi connectivity index (χ3n) is 6.18. The van der Waals surface area contributed by atoms with Crippen molar-refractivity contribution in [2.45, 2.75) is 0 Å². The SMILES string of the molecule is [Y].[Y].[Y].[c-]1cc(-c2ccccc2)c[c-]c1N(c1[c-]cc(-c2ccccc2)c[c-]1)c1[c-]cc(-c2ccccc2)c[c-]1. The monoisotopic (exact) mass is 734 g/mol. The van der Waals surface area contributed by atoms with Crippen LogP contribution in [0.25, 0.3) is 33.4 Å². The first-order chi connectivity index (χ1) is 18.3. The summed E-state index contributed by atoms with van der Waals surface area (Å²) in [4.78, 5) is 1.98. The molecule has 3 radical (unpaired) electrons. The molecule has 0 bridgehead atoms. The van der Waals surface area contributed by atoms with Gasteiger partial charge in [0.05, 0.1) is 0 Å². The van der Waals surface area contributed by atoms with E-state index in [0.717, 1.165) is 50.4 Å². The van der Waals surface area contributed by atoms with Gasteiger partial charge in [0.1, 0.15) is 0 Å². The van der Waals surface area contributed by atoms with E-state index in [1.54, 1.807) is 0 Å². The molecule has 0 saturated heterocycles. The summed E-state index contributed by atoms with van der Waals surface area (Å²) in [6.07, 6.45) is 0. The quantitative estimate of drug-likeness (QED) is 0.155. The van der Waals surface area contributed by atoms with Crippen LogP contribution in [0.15, 0.2) is 127 Å². The van der Waals surface area contributed by atoms with Crippen LogP contribution in [0.4, 0.5) is 17.1 Å². The molecule has 0 saturated carbocycles. The number of anilines is 3. The number of nitrogens with zero attached hydrogens (tertiary/aromatic N) is 1. The standard InChI is InChI=1S/C36H21N.3Y/c1-4-10-28(11-5-1)31-16-22-34(23-17-31)37(35-24-18-32(19-25-35)29-12-6-2-7-13-29)36-26-20-33(21-27-36)30-14-8-3-9-15-30;;;/h1-21H;;;/q-6;;;. The summed E-state index contributed by atoms with van der Waals surface area (Å²) in [6.45, 7) is 0. The minimum Gasteiger partial charge on any atom is -0.452 e. The summed E-state index contributed by atoms with van der Waals surface area (Å²) in [5.41, 5.74) is 8.81. The molecule has 6 rings (SSSR count). The van der Waals surface area contributed by atoms with Crippen molar-refractivity contribution in [2.75, 3.05) is 4.90 Å². The Morgan fingerprint density at radius 1 is 0.300 bits per heavy atom. The Hall–Kier alpha value is -1.57. The minimum atomic E-state index is 0. The van der Waals surface area contributed by atoms with E-state index < -0.39 is 0 Å². The molecule has 0 aliphatic rings. The Bertz CT molecular complexity index is 1370. The van der Waals surface area contributed by atoms with Crippen molar-refractivity contribution in [1.29, 1.82) is 0 Å². The van der Waals surface area contributed by atoms with Gasteiger partial charge in [-0.3, -0.25) is 36.4 Å². The van der Waals surface area contributed by atoms with Gasteiger partial charge in [-0.2, -0.15) is 0 Å². The fraction of sp³-hybridized carbons (Fsp3) is 0. The molecule has 40 heavy (non-hydrogen) atoms. The molecule has 0 heterocycles. The zero-order valence-corrected chi connectivity index (χ0v) is 30.3. The van der Waals surface area contributed by atoms with Gasteiger partial charge in [0, 0.05) is 98.1 Å². The van der Waals surface area contributed by atoms with E-state index in [2.05, 4.69) is 72.8 Å². The van der Waals surface area contributed by atoms with E-state index in [9.17, 15) is 0 Å². The van der Waals surface area contributed by atoms with Crippen LogP contribution < -0.4 is 4.90 Å². The van der Waals surface area contributed by atoms with Crippen molar-refractivity contribution < 1.29 is 98.1 Å². The third kappa shape index (κ3) is 7.83. The molecule has 1 nitrogen and oxygen atoms in total. The summed E-state index contributed by atoms with van der Waals surface area (Å²) in [5, 5.41) is 0. The van der Waals surface area contributed by atoms with E-state index in [0.29, 0.717) is 0 Å². The van der Waals surface area contributed by atoms with Gasteiger partial charge in [0.15, 0.2) is 0 Å². The normalized spacial score (nSPS) is 9.90. The average Bonchev–Trinajstić information content (AvgIpc) is 3.00. The van der Waals surface area contributed by atoms with E-state index >= 15 is 0 Å². The third-order valence-corrected chi connectivity index (χ3v) is 6.18. The first-order valence-electron chi connectivity index (χ1n) is 12.1. The van der Waals surface area contributed by atoms with Crippen LogP contribution in [0, 0.1) is 36.4 Å². The summed E-state index contributed by atoms with van der Waals surface area (Å²) < 4.78 is 0. The van der Waals surface area contributed by atoms with Gasteiger partial charge in [-0.15, -0.1) is 16.7 Å². The summed E-state index contributed by atoms with van der Waals surface area (Å²) in [5.74, 6) is 0. The maximum Gasteiger partial charge on any atom is 0 e. The maximum absolute atomic E-state index is 3.42. The first-order valence-corrected chi connectivity index (χ1v) is 12.1. The van der Waals surface area contributed by atoms with Crippen LogP contribution in [0.3, 0.4) is 0 Å².